The lowest BCUT2D eigenvalue weighted by molar-refractivity contribution is -0.131. The van der Waals surface area contributed by atoms with Crippen LogP contribution in [0.3, 0.4) is 0 Å². The lowest BCUT2D eigenvalue weighted by Crippen LogP contribution is -2.51. The third kappa shape index (κ3) is 5.55. The van der Waals surface area contributed by atoms with Gasteiger partial charge >= 0.3 is 11.7 Å². The molecule has 1 unspecified atom stereocenters. The fraction of sp³-hybridized carbons (Fsp3) is 0.393. The van der Waals surface area contributed by atoms with E-state index in [-0.39, 0.29) is 31.4 Å². The summed E-state index contributed by atoms with van der Waals surface area (Å²) in [5.74, 6) is -3.24. The smallest absolute Gasteiger partial charge is 0.331 e. The van der Waals surface area contributed by atoms with Crippen LogP contribution in [0.2, 0.25) is 0 Å². The van der Waals surface area contributed by atoms with Crippen LogP contribution in [0.4, 0.5) is 25.0 Å². The summed E-state index contributed by atoms with van der Waals surface area (Å²) >= 11 is 0. The quantitative estimate of drug-likeness (QED) is 0.470. The number of rotatable bonds is 6. The number of morpholine rings is 1. The fourth-order valence-corrected chi connectivity index (χ4v) is 4.82. The molecular formula is C28H28F2N6O5. The molecule has 0 radical (unpaired) electrons. The normalized spacial score (nSPS) is 17.0. The Morgan fingerprint density at radius 2 is 1.88 bits per heavy atom. The van der Waals surface area contributed by atoms with E-state index in [1.54, 1.807) is 16.7 Å². The summed E-state index contributed by atoms with van der Waals surface area (Å²) in [5, 5.41) is 14.1. The topological polar surface area (TPSA) is 138 Å². The molecule has 5 rings (SSSR count). The molecule has 2 heterocycles. The van der Waals surface area contributed by atoms with Crippen molar-refractivity contribution < 1.29 is 23.1 Å². The Kier molecular flexibility index (Phi) is 7.59. The van der Waals surface area contributed by atoms with Crippen LogP contribution in [0, 0.1) is 28.9 Å². The first-order chi connectivity index (χ1) is 19.6. The van der Waals surface area contributed by atoms with E-state index in [1.807, 2.05) is 13.8 Å². The van der Waals surface area contributed by atoms with Gasteiger partial charge in [0.15, 0.2) is 17.7 Å². The monoisotopic (exact) mass is 566 g/mol. The van der Waals surface area contributed by atoms with Crippen LogP contribution in [0.25, 0.3) is 10.9 Å². The summed E-state index contributed by atoms with van der Waals surface area (Å²) < 4.78 is 36.5. The van der Waals surface area contributed by atoms with Gasteiger partial charge in [-0.15, -0.1) is 0 Å². The van der Waals surface area contributed by atoms with Gasteiger partial charge in [-0.05, 0) is 62.9 Å². The minimum absolute atomic E-state index is 0.0139. The Bertz CT molecular complexity index is 1710. The molecule has 1 saturated carbocycles. The van der Waals surface area contributed by atoms with E-state index < -0.39 is 46.5 Å². The first kappa shape index (κ1) is 28.0. The zero-order chi connectivity index (χ0) is 29.4. The molecule has 2 fully saturated rings. The second-order valence-corrected chi connectivity index (χ2v) is 10.5. The summed E-state index contributed by atoms with van der Waals surface area (Å²) in [4.78, 5) is 53.5. The van der Waals surface area contributed by atoms with E-state index in [9.17, 15) is 28.0 Å². The largest absolute Gasteiger partial charge is 0.365 e. The van der Waals surface area contributed by atoms with E-state index in [4.69, 9.17) is 10.00 Å². The van der Waals surface area contributed by atoms with Gasteiger partial charge in [0.2, 0.25) is 0 Å². The number of amides is 3. The number of hydrogen-bond donors (Lipinski definition) is 2. The number of nitriles is 1. The molecule has 2 N–H and O–H groups in total. The van der Waals surface area contributed by atoms with E-state index in [1.165, 1.54) is 21.6 Å². The van der Waals surface area contributed by atoms with Gasteiger partial charge in [-0.1, -0.05) is 0 Å². The van der Waals surface area contributed by atoms with E-state index in [0.717, 1.165) is 25.0 Å². The number of aromatic nitrogens is 2. The molecule has 41 heavy (non-hydrogen) atoms. The zero-order valence-corrected chi connectivity index (χ0v) is 22.4. The van der Waals surface area contributed by atoms with Crippen molar-refractivity contribution in [1.29, 1.82) is 5.26 Å². The molecule has 3 amide bonds. The van der Waals surface area contributed by atoms with Crippen molar-refractivity contribution in [3.8, 4) is 6.07 Å². The van der Waals surface area contributed by atoms with Gasteiger partial charge in [0.25, 0.3) is 11.5 Å². The molecule has 0 bridgehead atoms. The van der Waals surface area contributed by atoms with Gasteiger partial charge in [0.05, 0.1) is 35.3 Å². The minimum atomic E-state index is -1.38. The summed E-state index contributed by atoms with van der Waals surface area (Å²) in [6.45, 7) is 4.07. The maximum absolute atomic E-state index is 14.2. The predicted octanol–water partition coefficient (Wildman–Crippen LogP) is 3.18. The number of benzene rings is 2. The average molecular weight is 567 g/mol. The van der Waals surface area contributed by atoms with Crippen LogP contribution in [0.1, 0.15) is 38.3 Å². The second-order valence-electron chi connectivity index (χ2n) is 10.5. The lowest BCUT2D eigenvalue weighted by atomic mass is 10.2. The molecule has 2 aromatic carbocycles. The highest BCUT2D eigenvalue weighted by Gasteiger charge is 2.31. The standard InChI is InChI=1S/C28H28F2N6O5/c1-15(2)36-21-8-6-18(11-19(21)26(38)35(28(36)40)13-16-3-4-16)32-27(39)34-9-10-41-22(14-34)25(37)33-20-7-5-17(12-31)23(29)24(20)30/h5-8,11,15-16,22H,3-4,9-10,13-14H2,1-2H3,(H,32,39)(H,33,37). The maximum Gasteiger partial charge on any atom is 0.331 e. The van der Waals surface area contributed by atoms with Gasteiger partial charge in [0, 0.05) is 24.8 Å². The molecule has 1 aromatic heterocycles. The number of hydrogen-bond acceptors (Lipinski definition) is 6. The number of carbonyl (C=O) groups excluding carboxylic acids is 2. The number of urea groups is 1. The molecule has 0 spiro atoms. The molecule has 1 atom stereocenters. The molecule has 1 aliphatic carbocycles. The van der Waals surface area contributed by atoms with Crippen molar-refractivity contribution in [2.45, 2.75) is 45.4 Å². The van der Waals surface area contributed by atoms with Gasteiger partial charge < -0.3 is 20.3 Å². The highest BCUT2D eigenvalue weighted by atomic mass is 19.2. The van der Waals surface area contributed by atoms with Crippen LogP contribution in [-0.4, -0.2) is 51.8 Å². The number of nitrogens with one attached hydrogen (secondary N) is 2. The minimum Gasteiger partial charge on any atom is -0.365 e. The highest BCUT2D eigenvalue weighted by Crippen LogP contribution is 2.30. The first-order valence-electron chi connectivity index (χ1n) is 13.2. The van der Waals surface area contributed by atoms with Crippen LogP contribution in [0.5, 0.6) is 0 Å². The van der Waals surface area contributed by atoms with Crippen molar-refractivity contribution in [2.24, 2.45) is 5.92 Å². The Morgan fingerprint density at radius 1 is 1.12 bits per heavy atom. The highest BCUT2D eigenvalue weighted by molar-refractivity contribution is 5.96. The molecule has 1 aliphatic heterocycles. The molecule has 214 valence electrons. The Labute approximate surface area is 232 Å². The first-order valence-corrected chi connectivity index (χ1v) is 13.2. The second kappa shape index (κ2) is 11.1. The van der Waals surface area contributed by atoms with Crippen LogP contribution in [0.15, 0.2) is 39.9 Å². The number of ether oxygens (including phenoxy) is 1. The Balaban J connectivity index is 1.33. The summed E-state index contributed by atoms with van der Waals surface area (Å²) in [6, 6.07) is 7.62. The molecule has 11 nitrogen and oxygen atoms in total. The van der Waals surface area contributed by atoms with Crippen LogP contribution < -0.4 is 21.9 Å². The third-order valence-corrected chi connectivity index (χ3v) is 7.18. The number of carbonyl (C=O) groups is 2. The van der Waals surface area contributed by atoms with Crippen molar-refractivity contribution in [3.05, 3.63) is 68.4 Å². The van der Waals surface area contributed by atoms with Crippen molar-refractivity contribution >= 4 is 34.2 Å². The predicted molar refractivity (Wildman–Crippen MR) is 146 cm³/mol. The summed E-state index contributed by atoms with van der Waals surface area (Å²) in [5.41, 5.74) is -0.939. The van der Waals surface area contributed by atoms with Gasteiger partial charge in [-0.2, -0.15) is 5.26 Å². The van der Waals surface area contributed by atoms with Crippen LogP contribution in [-0.2, 0) is 16.1 Å². The van der Waals surface area contributed by atoms with Crippen molar-refractivity contribution in [3.63, 3.8) is 0 Å². The molecule has 2 aliphatic rings. The van der Waals surface area contributed by atoms with Gasteiger partial charge in [-0.25, -0.2) is 18.4 Å². The molecular weight excluding hydrogens is 538 g/mol. The van der Waals surface area contributed by atoms with Crippen molar-refractivity contribution in [1.82, 2.24) is 14.0 Å². The molecule has 13 heteroatoms. The summed E-state index contributed by atoms with van der Waals surface area (Å²) in [7, 11) is 0. The number of fused-ring (bicyclic) bond motifs is 1. The fourth-order valence-electron chi connectivity index (χ4n) is 4.82. The Morgan fingerprint density at radius 3 is 2.56 bits per heavy atom. The SMILES string of the molecule is CC(C)n1c(=O)n(CC2CC2)c(=O)c2cc(NC(=O)N3CCOC(C(=O)Nc4ccc(C#N)c(F)c4F)C3)ccc21. The molecule has 1 saturated heterocycles. The van der Waals surface area contributed by atoms with Crippen molar-refractivity contribution in [2.75, 3.05) is 30.3 Å². The number of anilines is 2. The number of nitrogens with zero attached hydrogens (tertiary/aromatic N) is 4. The van der Waals surface area contributed by atoms with Gasteiger partial charge in [-0.3, -0.25) is 18.7 Å². The van der Waals surface area contributed by atoms with E-state index in [2.05, 4.69) is 10.6 Å². The average Bonchev–Trinajstić information content (AvgIpc) is 3.78. The third-order valence-electron chi connectivity index (χ3n) is 7.18. The molecule has 3 aromatic rings. The van der Waals surface area contributed by atoms with Crippen LogP contribution >= 0.6 is 0 Å². The Hall–Kier alpha value is -4.57. The van der Waals surface area contributed by atoms with Gasteiger partial charge in [0.1, 0.15) is 6.07 Å². The lowest BCUT2D eigenvalue weighted by Gasteiger charge is -2.32. The zero-order valence-electron chi connectivity index (χ0n) is 22.4. The van der Waals surface area contributed by atoms with E-state index >= 15 is 0 Å². The summed E-state index contributed by atoms with van der Waals surface area (Å²) in [6.07, 6.45) is 0.776. The van der Waals surface area contributed by atoms with E-state index in [0.29, 0.717) is 29.1 Å². The number of halogens is 2. The maximum atomic E-state index is 14.2.